The van der Waals surface area contributed by atoms with Gasteiger partial charge in [0.25, 0.3) is 0 Å². The Morgan fingerprint density at radius 3 is 2.71 bits per heavy atom. The van der Waals surface area contributed by atoms with Crippen LogP contribution in [0.15, 0.2) is 18.2 Å². The number of benzene rings is 1. The van der Waals surface area contributed by atoms with Crippen LogP contribution in [0.4, 0.5) is 5.69 Å². The third kappa shape index (κ3) is 6.12. The Morgan fingerprint density at radius 2 is 2.10 bits per heavy atom. The first-order valence-electron chi connectivity index (χ1n) is 6.87. The molecule has 118 valence electrons. The lowest BCUT2D eigenvalue weighted by Gasteiger charge is -2.20. The summed E-state index contributed by atoms with van der Waals surface area (Å²) in [5, 5.41) is 11.9. The highest BCUT2D eigenvalue weighted by atomic mass is 16.5. The number of methoxy groups -OCH3 is 2. The van der Waals surface area contributed by atoms with Gasteiger partial charge in [0.2, 0.25) is 5.91 Å². The van der Waals surface area contributed by atoms with Crippen molar-refractivity contribution in [1.29, 1.82) is 0 Å². The fourth-order valence-electron chi connectivity index (χ4n) is 1.94. The van der Waals surface area contributed by atoms with Crippen molar-refractivity contribution >= 4 is 11.6 Å². The van der Waals surface area contributed by atoms with Crippen LogP contribution in [-0.4, -0.2) is 63.0 Å². The molecule has 0 atom stereocenters. The Morgan fingerprint density at radius 1 is 1.33 bits per heavy atom. The van der Waals surface area contributed by atoms with E-state index in [-0.39, 0.29) is 19.1 Å². The number of nitrogens with zero attached hydrogens (tertiary/aromatic N) is 1. The van der Waals surface area contributed by atoms with Gasteiger partial charge in [0, 0.05) is 20.2 Å². The predicted molar refractivity (Wildman–Crippen MR) is 81.8 cm³/mol. The zero-order chi connectivity index (χ0) is 15.7. The number of amides is 1. The second kappa shape index (κ2) is 9.33. The SMILES string of the molecule is COCCN(CCO)CC(=O)Nc1cc(C)ccc1OC. The van der Waals surface area contributed by atoms with Crippen LogP contribution in [0.3, 0.4) is 0 Å². The van der Waals surface area contributed by atoms with Crippen LogP contribution in [0, 0.1) is 6.92 Å². The number of nitrogens with one attached hydrogen (secondary N) is 1. The maximum absolute atomic E-state index is 12.1. The van der Waals surface area contributed by atoms with Crippen molar-refractivity contribution in [3.05, 3.63) is 23.8 Å². The molecule has 1 rings (SSSR count). The monoisotopic (exact) mass is 296 g/mol. The Kier molecular flexibility index (Phi) is 7.74. The van der Waals surface area contributed by atoms with Gasteiger partial charge in [0.1, 0.15) is 5.75 Å². The van der Waals surface area contributed by atoms with Gasteiger partial charge in [-0.2, -0.15) is 0 Å². The molecule has 1 amide bonds. The van der Waals surface area contributed by atoms with Crippen molar-refractivity contribution in [1.82, 2.24) is 4.90 Å². The third-order valence-corrected chi connectivity index (χ3v) is 3.02. The zero-order valence-corrected chi connectivity index (χ0v) is 12.9. The number of ether oxygens (including phenoxy) is 2. The third-order valence-electron chi connectivity index (χ3n) is 3.02. The van der Waals surface area contributed by atoms with Crippen LogP contribution in [-0.2, 0) is 9.53 Å². The largest absolute Gasteiger partial charge is 0.495 e. The molecular formula is C15H24N2O4. The van der Waals surface area contributed by atoms with Crippen LogP contribution in [0.25, 0.3) is 0 Å². The smallest absolute Gasteiger partial charge is 0.238 e. The van der Waals surface area contributed by atoms with E-state index in [1.807, 2.05) is 30.0 Å². The molecule has 0 bridgehead atoms. The number of anilines is 1. The van der Waals surface area contributed by atoms with E-state index in [9.17, 15) is 4.79 Å². The molecule has 0 aliphatic rings. The van der Waals surface area contributed by atoms with Crippen molar-refractivity contribution in [2.45, 2.75) is 6.92 Å². The number of carbonyl (C=O) groups is 1. The van der Waals surface area contributed by atoms with Gasteiger partial charge < -0.3 is 19.9 Å². The number of rotatable bonds is 9. The molecule has 0 aliphatic carbocycles. The minimum absolute atomic E-state index is 0.00472. The van der Waals surface area contributed by atoms with E-state index in [1.54, 1.807) is 14.2 Å². The van der Waals surface area contributed by atoms with Gasteiger partial charge in [0.05, 0.1) is 32.6 Å². The normalized spacial score (nSPS) is 10.7. The number of aliphatic hydroxyl groups is 1. The first-order valence-corrected chi connectivity index (χ1v) is 6.87. The first kappa shape index (κ1) is 17.4. The molecule has 21 heavy (non-hydrogen) atoms. The molecule has 6 heteroatoms. The lowest BCUT2D eigenvalue weighted by molar-refractivity contribution is -0.117. The summed E-state index contributed by atoms with van der Waals surface area (Å²) in [6.45, 7) is 3.69. The lowest BCUT2D eigenvalue weighted by Crippen LogP contribution is -2.37. The highest BCUT2D eigenvalue weighted by Gasteiger charge is 2.12. The quantitative estimate of drug-likeness (QED) is 0.708. The maximum Gasteiger partial charge on any atom is 0.238 e. The van der Waals surface area contributed by atoms with Crippen molar-refractivity contribution < 1.29 is 19.4 Å². The number of hydrogen-bond donors (Lipinski definition) is 2. The summed E-state index contributed by atoms with van der Waals surface area (Å²) in [7, 11) is 3.17. The molecule has 6 nitrogen and oxygen atoms in total. The molecule has 0 aromatic heterocycles. The second-order valence-corrected chi connectivity index (χ2v) is 4.74. The molecule has 0 saturated heterocycles. The molecule has 0 aliphatic heterocycles. The molecular weight excluding hydrogens is 272 g/mol. The number of aliphatic hydroxyl groups excluding tert-OH is 1. The van der Waals surface area contributed by atoms with Crippen LogP contribution in [0.1, 0.15) is 5.56 Å². The highest BCUT2D eigenvalue weighted by molar-refractivity contribution is 5.93. The van der Waals surface area contributed by atoms with Gasteiger partial charge in [-0.1, -0.05) is 6.07 Å². The topological polar surface area (TPSA) is 71.0 Å². The standard InChI is InChI=1S/C15H24N2O4/c1-12-4-5-14(21-3)13(10-12)16-15(19)11-17(6-8-18)7-9-20-2/h4-5,10,18H,6-9,11H2,1-3H3,(H,16,19). The van der Waals surface area contributed by atoms with Gasteiger partial charge in [-0.25, -0.2) is 0 Å². The van der Waals surface area contributed by atoms with E-state index in [2.05, 4.69) is 5.32 Å². The van der Waals surface area contributed by atoms with Crippen LogP contribution < -0.4 is 10.1 Å². The summed E-state index contributed by atoms with van der Waals surface area (Å²) >= 11 is 0. The predicted octanol–water partition coefficient (Wildman–Crippen LogP) is 0.883. The molecule has 0 unspecified atom stereocenters. The number of aryl methyl sites for hydroxylation is 1. The average molecular weight is 296 g/mol. The lowest BCUT2D eigenvalue weighted by atomic mass is 10.2. The number of hydrogen-bond acceptors (Lipinski definition) is 5. The van der Waals surface area contributed by atoms with E-state index < -0.39 is 0 Å². The number of carbonyl (C=O) groups excluding carboxylic acids is 1. The highest BCUT2D eigenvalue weighted by Crippen LogP contribution is 2.25. The van der Waals surface area contributed by atoms with E-state index in [1.165, 1.54) is 0 Å². The molecule has 0 spiro atoms. The van der Waals surface area contributed by atoms with E-state index in [0.717, 1.165) is 5.56 Å². The Labute approximate surface area is 125 Å². The van der Waals surface area contributed by atoms with Crippen molar-refractivity contribution in [2.24, 2.45) is 0 Å². The average Bonchev–Trinajstić information content (AvgIpc) is 2.45. The maximum atomic E-state index is 12.1. The minimum atomic E-state index is -0.150. The molecule has 0 saturated carbocycles. The van der Waals surface area contributed by atoms with Crippen LogP contribution >= 0.6 is 0 Å². The van der Waals surface area contributed by atoms with Crippen molar-refractivity contribution in [3.8, 4) is 5.75 Å². The molecule has 1 aromatic rings. The first-order chi connectivity index (χ1) is 10.1. The van der Waals surface area contributed by atoms with Crippen LogP contribution in [0.5, 0.6) is 5.75 Å². The van der Waals surface area contributed by atoms with Gasteiger partial charge in [-0.3, -0.25) is 9.69 Å². The fourth-order valence-corrected chi connectivity index (χ4v) is 1.94. The van der Waals surface area contributed by atoms with Gasteiger partial charge in [0.15, 0.2) is 0 Å². The Bertz CT molecular complexity index is 451. The molecule has 1 aromatic carbocycles. The summed E-state index contributed by atoms with van der Waals surface area (Å²) in [5.41, 5.74) is 1.69. The van der Waals surface area contributed by atoms with Gasteiger partial charge >= 0.3 is 0 Å². The Balaban J connectivity index is 2.64. The zero-order valence-electron chi connectivity index (χ0n) is 12.9. The summed E-state index contributed by atoms with van der Waals surface area (Å²) in [6.07, 6.45) is 0. The van der Waals surface area contributed by atoms with Crippen molar-refractivity contribution in [3.63, 3.8) is 0 Å². The molecule has 0 fully saturated rings. The second-order valence-electron chi connectivity index (χ2n) is 4.74. The Hall–Kier alpha value is -1.63. The summed E-state index contributed by atoms with van der Waals surface area (Å²) < 4.78 is 10.2. The van der Waals surface area contributed by atoms with Gasteiger partial charge in [-0.05, 0) is 24.6 Å². The van der Waals surface area contributed by atoms with Crippen LogP contribution in [0.2, 0.25) is 0 Å². The molecule has 0 heterocycles. The fraction of sp³-hybridized carbons (Fsp3) is 0.533. The molecule has 2 N–H and O–H groups in total. The van der Waals surface area contributed by atoms with E-state index in [0.29, 0.717) is 31.1 Å². The van der Waals surface area contributed by atoms with Gasteiger partial charge in [-0.15, -0.1) is 0 Å². The van der Waals surface area contributed by atoms with Crippen molar-refractivity contribution in [2.75, 3.05) is 52.4 Å². The van der Waals surface area contributed by atoms with E-state index >= 15 is 0 Å². The summed E-state index contributed by atoms with van der Waals surface area (Å²) in [5.74, 6) is 0.475. The summed E-state index contributed by atoms with van der Waals surface area (Å²) in [4.78, 5) is 13.9. The summed E-state index contributed by atoms with van der Waals surface area (Å²) in [6, 6.07) is 5.61. The minimum Gasteiger partial charge on any atom is -0.495 e. The molecule has 0 radical (unpaired) electrons. The van der Waals surface area contributed by atoms with E-state index in [4.69, 9.17) is 14.6 Å².